The molecule has 1 aromatic carbocycles. The maximum absolute atomic E-state index is 12.7. The van der Waals surface area contributed by atoms with Crippen molar-refractivity contribution in [3.05, 3.63) is 29.3 Å². The first kappa shape index (κ1) is 14.2. The minimum Gasteiger partial charge on any atom is -0.371 e. The van der Waals surface area contributed by atoms with Gasteiger partial charge in [-0.2, -0.15) is 13.2 Å². The van der Waals surface area contributed by atoms with E-state index < -0.39 is 11.7 Å². The topological polar surface area (TPSA) is 15.3 Å². The Balaban J connectivity index is 2.12. The van der Waals surface area contributed by atoms with Gasteiger partial charge in [0.05, 0.1) is 5.56 Å². The van der Waals surface area contributed by atoms with Crippen LogP contribution in [0.5, 0.6) is 0 Å². The second-order valence-electron chi connectivity index (χ2n) is 5.06. The Morgan fingerprint density at radius 3 is 2.74 bits per heavy atom. The van der Waals surface area contributed by atoms with Gasteiger partial charge in [0, 0.05) is 18.8 Å². The van der Waals surface area contributed by atoms with Gasteiger partial charge in [-0.1, -0.05) is 0 Å². The van der Waals surface area contributed by atoms with E-state index in [1.807, 2.05) is 14.1 Å². The Kier molecular flexibility index (Phi) is 4.04. The molecule has 5 heteroatoms. The van der Waals surface area contributed by atoms with E-state index in [-0.39, 0.29) is 0 Å². The van der Waals surface area contributed by atoms with Gasteiger partial charge < -0.3 is 10.2 Å². The molecule has 1 aromatic rings. The molecule has 0 saturated carbocycles. The fraction of sp³-hybridized carbons (Fsp3) is 0.571. The first-order valence-electron chi connectivity index (χ1n) is 6.51. The van der Waals surface area contributed by atoms with Crippen LogP contribution in [0.25, 0.3) is 0 Å². The highest BCUT2D eigenvalue weighted by Gasteiger charge is 2.33. The molecule has 2 nitrogen and oxygen atoms in total. The molecule has 1 aliphatic rings. The lowest BCUT2D eigenvalue weighted by molar-refractivity contribution is -0.137. The van der Waals surface area contributed by atoms with Crippen molar-refractivity contribution in [2.75, 3.05) is 25.5 Å². The highest BCUT2D eigenvalue weighted by Crippen LogP contribution is 2.37. The van der Waals surface area contributed by atoms with Crippen LogP contribution in [-0.2, 0) is 12.6 Å². The van der Waals surface area contributed by atoms with E-state index in [0.717, 1.165) is 30.6 Å². The third-order valence-electron chi connectivity index (χ3n) is 3.75. The fourth-order valence-electron chi connectivity index (χ4n) is 2.67. The van der Waals surface area contributed by atoms with E-state index in [1.54, 1.807) is 6.07 Å². The number of likely N-dealkylation sites (N-methyl/N-ethyl adjacent to an activating group) is 1. The highest BCUT2D eigenvalue weighted by atomic mass is 19.4. The van der Waals surface area contributed by atoms with Crippen LogP contribution in [0.2, 0.25) is 0 Å². The summed E-state index contributed by atoms with van der Waals surface area (Å²) in [5, 5.41) is 3.09. The lowest BCUT2D eigenvalue weighted by Crippen LogP contribution is -2.28. The van der Waals surface area contributed by atoms with Gasteiger partial charge in [-0.05, 0) is 56.6 Å². The van der Waals surface area contributed by atoms with Crippen molar-refractivity contribution in [1.82, 2.24) is 5.32 Å². The van der Waals surface area contributed by atoms with Gasteiger partial charge in [0.25, 0.3) is 0 Å². The molecule has 106 valence electrons. The summed E-state index contributed by atoms with van der Waals surface area (Å²) >= 11 is 0. The summed E-state index contributed by atoms with van der Waals surface area (Å²) < 4.78 is 38.0. The molecular weight excluding hydrogens is 253 g/mol. The van der Waals surface area contributed by atoms with E-state index in [4.69, 9.17) is 0 Å². The number of nitrogens with one attached hydrogen (secondary N) is 1. The number of alkyl halides is 3. The van der Waals surface area contributed by atoms with Crippen molar-refractivity contribution in [3.63, 3.8) is 0 Å². The molecule has 0 amide bonds. The van der Waals surface area contributed by atoms with Crippen molar-refractivity contribution < 1.29 is 13.2 Å². The molecule has 0 aromatic heterocycles. The summed E-state index contributed by atoms with van der Waals surface area (Å²) in [4.78, 5) is 2.10. The number of rotatable bonds is 4. The van der Waals surface area contributed by atoms with E-state index in [9.17, 15) is 13.2 Å². The standard InChI is InChI=1S/C14H19F3N2/c1-18-7-3-4-12-9-10-8-11(14(15,16)17)5-6-13(10)19(12)2/h5-6,8,12,18H,3-4,7,9H2,1-2H3. The number of hydrogen-bond acceptors (Lipinski definition) is 2. The van der Waals surface area contributed by atoms with Crippen LogP contribution in [0.1, 0.15) is 24.0 Å². The SMILES string of the molecule is CNCCCC1Cc2cc(C(F)(F)F)ccc2N1C. The van der Waals surface area contributed by atoms with Crippen molar-refractivity contribution in [1.29, 1.82) is 0 Å². The predicted molar refractivity (Wildman–Crippen MR) is 70.5 cm³/mol. The summed E-state index contributed by atoms with van der Waals surface area (Å²) in [5.74, 6) is 0. The van der Waals surface area contributed by atoms with Gasteiger partial charge >= 0.3 is 6.18 Å². The van der Waals surface area contributed by atoms with Gasteiger partial charge in [0.2, 0.25) is 0 Å². The smallest absolute Gasteiger partial charge is 0.371 e. The summed E-state index contributed by atoms with van der Waals surface area (Å²) in [6, 6.07) is 4.37. The molecule has 1 aliphatic heterocycles. The third kappa shape index (κ3) is 3.03. The first-order chi connectivity index (χ1) is 8.93. The molecule has 0 fully saturated rings. The first-order valence-corrected chi connectivity index (χ1v) is 6.51. The second kappa shape index (κ2) is 5.41. The maximum atomic E-state index is 12.7. The van der Waals surface area contributed by atoms with Gasteiger partial charge in [0.1, 0.15) is 0 Å². The molecule has 1 atom stereocenters. The van der Waals surface area contributed by atoms with Crippen LogP contribution in [0.15, 0.2) is 18.2 Å². The molecule has 1 heterocycles. The van der Waals surface area contributed by atoms with Crippen LogP contribution in [0.3, 0.4) is 0 Å². The van der Waals surface area contributed by atoms with Crippen molar-refractivity contribution in [3.8, 4) is 0 Å². The quantitative estimate of drug-likeness (QED) is 0.847. The molecule has 1 N–H and O–H groups in total. The Morgan fingerprint density at radius 1 is 1.37 bits per heavy atom. The van der Waals surface area contributed by atoms with E-state index in [0.29, 0.717) is 12.5 Å². The highest BCUT2D eigenvalue weighted by molar-refractivity contribution is 5.60. The predicted octanol–water partition coefficient (Wildman–Crippen LogP) is 3.07. The Bertz CT molecular complexity index is 443. The van der Waals surface area contributed by atoms with Crippen LogP contribution in [0, 0.1) is 0 Å². The monoisotopic (exact) mass is 272 g/mol. The zero-order valence-corrected chi connectivity index (χ0v) is 11.2. The van der Waals surface area contributed by atoms with Crippen molar-refractivity contribution >= 4 is 5.69 Å². The maximum Gasteiger partial charge on any atom is 0.416 e. The summed E-state index contributed by atoms with van der Waals surface area (Å²) in [7, 11) is 3.87. The summed E-state index contributed by atoms with van der Waals surface area (Å²) in [6.07, 6.45) is -1.52. The molecule has 0 bridgehead atoms. The molecule has 0 saturated heterocycles. The zero-order valence-electron chi connectivity index (χ0n) is 11.2. The number of anilines is 1. The Labute approximate surface area is 111 Å². The molecule has 1 unspecified atom stereocenters. The number of fused-ring (bicyclic) bond motifs is 1. The minimum absolute atomic E-state index is 0.312. The van der Waals surface area contributed by atoms with Crippen molar-refractivity contribution in [2.24, 2.45) is 0 Å². The molecule has 2 rings (SSSR count). The lowest BCUT2D eigenvalue weighted by Gasteiger charge is -2.22. The third-order valence-corrected chi connectivity index (χ3v) is 3.75. The van der Waals surface area contributed by atoms with Crippen molar-refractivity contribution in [2.45, 2.75) is 31.5 Å². The molecule has 19 heavy (non-hydrogen) atoms. The zero-order chi connectivity index (χ0) is 14.0. The summed E-state index contributed by atoms with van der Waals surface area (Å²) in [6.45, 7) is 0.939. The van der Waals surface area contributed by atoms with Crippen LogP contribution in [0.4, 0.5) is 18.9 Å². The number of benzene rings is 1. The van der Waals surface area contributed by atoms with E-state index in [1.165, 1.54) is 12.1 Å². The van der Waals surface area contributed by atoms with Crippen LogP contribution < -0.4 is 10.2 Å². The average Bonchev–Trinajstić information content (AvgIpc) is 2.65. The summed E-state index contributed by atoms with van der Waals surface area (Å²) in [5.41, 5.74) is 1.20. The number of nitrogens with zero attached hydrogens (tertiary/aromatic N) is 1. The normalized spacial score (nSPS) is 18.8. The van der Waals surface area contributed by atoms with Gasteiger partial charge in [-0.25, -0.2) is 0 Å². The van der Waals surface area contributed by atoms with Gasteiger partial charge in [-0.3, -0.25) is 0 Å². The lowest BCUT2D eigenvalue weighted by atomic mass is 10.0. The van der Waals surface area contributed by atoms with Gasteiger partial charge in [0.15, 0.2) is 0 Å². The molecule has 0 radical (unpaired) electrons. The van der Waals surface area contributed by atoms with E-state index in [2.05, 4.69) is 10.2 Å². The molecule has 0 aliphatic carbocycles. The molecular formula is C14H19F3N2. The fourth-order valence-corrected chi connectivity index (χ4v) is 2.67. The van der Waals surface area contributed by atoms with Crippen LogP contribution >= 0.6 is 0 Å². The Morgan fingerprint density at radius 2 is 2.11 bits per heavy atom. The Hall–Kier alpha value is -1.23. The second-order valence-corrected chi connectivity index (χ2v) is 5.06. The largest absolute Gasteiger partial charge is 0.416 e. The van der Waals surface area contributed by atoms with Crippen LogP contribution in [-0.4, -0.2) is 26.7 Å². The minimum atomic E-state index is -4.25. The van der Waals surface area contributed by atoms with Gasteiger partial charge in [-0.15, -0.1) is 0 Å². The molecule has 0 spiro atoms. The van der Waals surface area contributed by atoms with E-state index >= 15 is 0 Å². The number of hydrogen-bond donors (Lipinski definition) is 1. The average molecular weight is 272 g/mol. The number of halogens is 3.